The maximum absolute atomic E-state index is 14.5. The van der Waals surface area contributed by atoms with E-state index in [1.54, 1.807) is 0 Å². The molecule has 23 heteroatoms. The Morgan fingerprint density at radius 3 is 0.882 bits per heavy atom. The van der Waals surface area contributed by atoms with Crippen LogP contribution in [0.15, 0.2) is 0 Å². The van der Waals surface area contributed by atoms with Crippen molar-refractivity contribution in [3.63, 3.8) is 0 Å². The quantitative estimate of drug-likeness (QED) is 0.0552. The van der Waals surface area contributed by atoms with Crippen molar-refractivity contribution in [2.24, 2.45) is 0 Å². The van der Waals surface area contributed by atoms with Gasteiger partial charge in [0.15, 0.2) is 0 Å². The van der Waals surface area contributed by atoms with E-state index in [0.717, 1.165) is 64.2 Å². The Hall–Kier alpha value is -2.00. The summed E-state index contributed by atoms with van der Waals surface area (Å²) in [5.41, 5.74) is 0. The summed E-state index contributed by atoms with van der Waals surface area (Å²) in [6, 6.07) is 0. The molecule has 0 fully saturated rings. The number of rotatable bonds is 24. The summed E-state index contributed by atoms with van der Waals surface area (Å²) in [5, 5.41) is 0. The standard InChI is InChI=1S/C28H35F21O2/c1-2-3-4-5-6-7-8-9-10-11-12-13-14-15-16-17-18(50)51-26(43,28(47,48)49)24(39,40)22(35,36)20(31,32)19(29,30)21(33,34)23(37,38)25(41,42)27(44,45)46/h2-17H2,1H3. The van der Waals surface area contributed by atoms with E-state index in [4.69, 9.17) is 0 Å². The highest BCUT2D eigenvalue weighted by molar-refractivity contribution is 5.70. The second kappa shape index (κ2) is 17.4. The molecule has 0 aromatic rings. The van der Waals surface area contributed by atoms with E-state index in [-0.39, 0.29) is 12.8 Å². The lowest BCUT2D eigenvalue weighted by atomic mass is 9.87. The minimum Gasteiger partial charge on any atom is -0.415 e. The smallest absolute Gasteiger partial charge is 0.415 e. The molecule has 0 aromatic carbocycles. The third-order valence-electron chi connectivity index (χ3n) is 7.73. The molecule has 0 rings (SSSR count). The van der Waals surface area contributed by atoms with E-state index in [0.29, 0.717) is 12.8 Å². The van der Waals surface area contributed by atoms with Crippen molar-refractivity contribution in [3.8, 4) is 0 Å². The highest BCUT2D eigenvalue weighted by Crippen LogP contribution is 2.66. The van der Waals surface area contributed by atoms with Crippen molar-refractivity contribution < 1.29 is 102 Å². The van der Waals surface area contributed by atoms with Crippen LogP contribution in [0.5, 0.6) is 0 Å². The number of carbonyl (C=O) groups excluding carboxylic acids is 1. The summed E-state index contributed by atoms with van der Waals surface area (Å²) in [6.45, 7) is 2.08. The molecule has 0 amide bonds. The summed E-state index contributed by atoms with van der Waals surface area (Å²) >= 11 is 0. The van der Waals surface area contributed by atoms with E-state index in [9.17, 15) is 97.0 Å². The Bertz CT molecular complexity index is 1070. The lowest BCUT2D eigenvalue weighted by Gasteiger charge is -2.44. The molecule has 0 aliphatic heterocycles. The second-order valence-corrected chi connectivity index (χ2v) is 11.8. The molecule has 0 bridgehead atoms. The molecule has 0 aliphatic rings. The third kappa shape index (κ3) is 9.96. The van der Waals surface area contributed by atoms with E-state index in [1.165, 1.54) is 0 Å². The van der Waals surface area contributed by atoms with Crippen molar-refractivity contribution in [1.29, 1.82) is 0 Å². The Balaban J connectivity index is 5.69. The van der Waals surface area contributed by atoms with Gasteiger partial charge in [0.2, 0.25) is 0 Å². The van der Waals surface area contributed by atoms with Crippen molar-refractivity contribution in [2.75, 3.05) is 0 Å². The molecule has 0 aromatic heterocycles. The van der Waals surface area contributed by atoms with Crippen LogP contribution in [0.1, 0.15) is 110 Å². The van der Waals surface area contributed by atoms with Crippen LogP contribution in [-0.4, -0.2) is 65.6 Å². The molecule has 0 heterocycles. The van der Waals surface area contributed by atoms with Gasteiger partial charge in [0.1, 0.15) is 0 Å². The van der Waals surface area contributed by atoms with Crippen molar-refractivity contribution in [2.45, 2.75) is 169 Å². The van der Waals surface area contributed by atoms with Crippen LogP contribution >= 0.6 is 0 Å². The number of halogens is 21. The number of esters is 1. The van der Waals surface area contributed by atoms with Gasteiger partial charge >= 0.3 is 65.6 Å². The third-order valence-corrected chi connectivity index (χ3v) is 7.73. The number of hydrogen-bond acceptors (Lipinski definition) is 2. The monoisotopic (exact) mass is 802 g/mol. The molecule has 0 saturated carbocycles. The van der Waals surface area contributed by atoms with Gasteiger partial charge in [-0.2, -0.15) is 92.2 Å². The van der Waals surface area contributed by atoms with E-state index >= 15 is 0 Å². The van der Waals surface area contributed by atoms with Gasteiger partial charge in [0, 0.05) is 6.42 Å². The normalized spacial score (nSPS) is 16.0. The molecule has 2 nitrogen and oxygen atoms in total. The maximum Gasteiger partial charge on any atom is 0.467 e. The highest BCUT2D eigenvalue weighted by Gasteiger charge is 2.98. The van der Waals surface area contributed by atoms with Gasteiger partial charge in [-0.1, -0.05) is 96.8 Å². The van der Waals surface area contributed by atoms with E-state index in [1.807, 2.05) is 0 Å². The first-order valence-electron chi connectivity index (χ1n) is 15.4. The molecule has 0 N–H and O–H groups in total. The zero-order valence-corrected chi connectivity index (χ0v) is 26.6. The maximum atomic E-state index is 14.5. The Labute approximate surface area is 277 Å². The lowest BCUT2D eigenvalue weighted by molar-refractivity contribution is -0.484. The van der Waals surface area contributed by atoms with Crippen LogP contribution in [0.2, 0.25) is 0 Å². The summed E-state index contributed by atoms with van der Waals surface area (Å²) in [6.07, 6.45) is -6.76. The fourth-order valence-corrected chi connectivity index (χ4v) is 4.51. The summed E-state index contributed by atoms with van der Waals surface area (Å²) in [7, 11) is 0. The van der Waals surface area contributed by atoms with Crippen LogP contribution in [0, 0.1) is 0 Å². The zero-order chi connectivity index (χ0) is 40.6. The molecule has 1 atom stereocenters. The molecule has 306 valence electrons. The van der Waals surface area contributed by atoms with Crippen LogP contribution < -0.4 is 0 Å². The SMILES string of the molecule is CCCCCCCCCCCCCCCCCC(=O)OC(F)(C(F)(F)F)C(F)(F)C(F)(F)C(F)(F)C(F)(F)C(F)(F)C(F)(F)C(F)(F)C(F)(F)F. The summed E-state index contributed by atoms with van der Waals surface area (Å²) in [4.78, 5) is 11.7. The van der Waals surface area contributed by atoms with Gasteiger partial charge in [0.05, 0.1) is 0 Å². The minimum absolute atomic E-state index is 0.138. The fourth-order valence-electron chi connectivity index (χ4n) is 4.51. The molecule has 0 aliphatic carbocycles. The van der Waals surface area contributed by atoms with Crippen LogP contribution in [0.3, 0.4) is 0 Å². The van der Waals surface area contributed by atoms with Crippen LogP contribution in [-0.2, 0) is 9.53 Å². The Morgan fingerprint density at radius 2 is 0.608 bits per heavy atom. The number of ether oxygens (including phenoxy) is 1. The van der Waals surface area contributed by atoms with Crippen LogP contribution in [0.4, 0.5) is 92.2 Å². The molecule has 0 radical (unpaired) electrons. The first-order chi connectivity index (χ1) is 22.7. The zero-order valence-electron chi connectivity index (χ0n) is 26.6. The predicted molar refractivity (Wildman–Crippen MR) is 136 cm³/mol. The molecule has 0 saturated heterocycles. The van der Waals surface area contributed by atoms with E-state index in [2.05, 4.69) is 11.7 Å². The number of unbranched alkanes of at least 4 members (excludes halogenated alkanes) is 14. The molecule has 0 spiro atoms. The Kier molecular flexibility index (Phi) is 16.7. The van der Waals surface area contributed by atoms with Gasteiger partial charge in [-0.3, -0.25) is 4.79 Å². The second-order valence-electron chi connectivity index (χ2n) is 11.8. The predicted octanol–water partition coefficient (Wildman–Crippen LogP) is 13.0. The van der Waals surface area contributed by atoms with Gasteiger partial charge in [-0.15, -0.1) is 0 Å². The van der Waals surface area contributed by atoms with Crippen molar-refractivity contribution >= 4 is 5.97 Å². The molecular weight excluding hydrogens is 767 g/mol. The van der Waals surface area contributed by atoms with Crippen LogP contribution in [0.25, 0.3) is 0 Å². The van der Waals surface area contributed by atoms with Gasteiger partial charge in [-0.05, 0) is 6.42 Å². The summed E-state index contributed by atoms with van der Waals surface area (Å²) < 4.78 is 285. The van der Waals surface area contributed by atoms with Gasteiger partial charge < -0.3 is 4.74 Å². The average molecular weight is 803 g/mol. The molecular formula is C28H35F21O2. The molecule has 1 unspecified atom stereocenters. The topological polar surface area (TPSA) is 26.3 Å². The molecule has 51 heavy (non-hydrogen) atoms. The first-order valence-corrected chi connectivity index (χ1v) is 15.4. The number of carbonyl (C=O) groups is 1. The number of hydrogen-bond donors (Lipinski definition) is 0. The van der Waals surface area contributed by atoms with Gasteiger partial charge in [-0.25, -0.2) is 0 Å². The average Bonchev–Trinajstić information content (AvgIpc) is 2.97. The van der Waals surface area contributed by atoms with Crippen molar-refractivity contribution in [3.05, 3.63) is 0 Å². The largest absolute Gasteiger partial charge is 0.467 e. The lowest BCUT2D eigenvalue weighted by Crippen LogP contribution is -2.77. The summed E-state index contributed by atoms with van der Waals surface area (Å²) in [5.74, 6) is -73.4. The van der Waals surface area contributed by atoms with Crippen molar-refractivity contribution in [1.82, 2.24) is 0 Å². The number of alkyl halides is 21. The first kappa shape index (κ1) is 49.0. The minimum atomic E-state index is -9.24. The fraction of sp³-hybridized carbons (Fsp3) is 0.964. The van der Waals surface area contributed by atoms with Gasteiger partial charge in [0.25, 0.3) is 0 Å². The highest BCUT2D eigenvalue weighted by atomic mass is 19.4. The Morgan fingerprint density at radius 1 is 0.353 bits per heavy atom. The van der Waals surface area contributed by atoms with E-state index < -0.39 is 78.5 Å².